The summed E-state index contributed by atoms with van der Waals surface area (Å²) in [6.07, 6.45) is -0.133. The van der Waals surface area contributed by atoms with E-state index < -0.39 is 17.7 Å². The monoisotopic (exact) mass is 242 g/mol. The van der Waals surface area contributed by atoms with E-state index in [1.54, 1.807) is 6.92 Å². The highest BCUT2D eigenvalue weighted by molar-refractivity contribution is 5.68. The zero-order valence-electron chi connectivity index (χ0n) is 9.99. The number of halogens is 1. The minimum absolute atomic E-state index is 0.133. The molecule has 0 bridgehead atoms. The maximum absolute atomic E-state index is 13.7. The Bertz CT molecular complexity index is 417. The van der Waals surface area contributed by atoms with Gasteiger partial charge in [0.05, 0.1) is 20.6 Å². The molecular weight excluding hydrogens is 227 g/mol. The molecule has 0 aliphatic carbocycles. The summed E-state index contributed by atoms with van der Waals surface area (Å²) < 4.78 is 23.7. The molecular formula is C12H15FO4. The molecule has 1 aromatic rings. The number of carboxylic acids is 1. The van der Waals surface area contributed by atoms with Gasteiger partial charge in [0.1, 0.15) is 5.82 Å². The van der Waals surface area contributed by atoms with E-state index in [9.17, 15) is 9.18 Å². The van der Waals surface area contributed by atoms with Crippen molar-refractivity contribution in [2.75, 3.05) is 14.2 Å². The average Bonchev–Trinajstić information content (AvgIpc) is 2.27. The van der Waals surface area contributed by atoms with Crippen molar-refractivity contribution in [3.63, 3.8) is 0 Å². The third-order valence-corrected chi connectivity index (χ3v) is 2.51. The van der Waals surface area contributed by atoms with Gasteiger partial charge in [-0.25, -0.2) is 4.39 Å². The highest BCUT2D eigenvalue weighted by Gasteiger charge is 2.18. The Hall–Kier alpha value is -1.78. The Kier molecular flexibility index (Phi) is 4.31. The van der Waals surface area contributed by atoms with Crippen molar-refractivity contribution < 1.29 is 23.8 Å². The van der Waals surface area contributed by atoms with Gasteiger partial charge in [0.15, 0.2) is 11.5 Å². The number of ether oxygens (including phenoxy) is 2. The number of benzene rings is 1. The Morgan fingerprint density at radius 1 is 1.35 bits per heavy atom. The van der Waals surface area contributed by atoms with Crippen molar-refractivity contribution in [2.24, 2.45) is 0 Å². The van der Waals surface area contributed by atoms with Crippen LogP contribution in [0.1, 0.15) is 24.8 Å². The molecule has 4 nitrogen and oxygen atoms in total. The fourth-order valence-electron chi connectivity index (χ4n) is 1.62. The summed E-state index contributed by atoms with van der Waals surface area (Å²) in [5.41, 5.74) is 0.310. The number of hydrogen-bond donors (Lipinski definition) is 1. The van der Waals surface area contributed by atoms with Crippen LogP contribution >= 0.6 is 0 Å². The third kappa shape index (κ3) is 3.09. The Labute approximate surface area is 99.0 Å². The molecule has 0 heterocycles. The molecule has 1 N–H and O–H groups in total. The van der Waals surface area contributed by atoms with E-state index in [1.807, 2.05) is 0 Å². The van der Waals surface area contributed by atoms with Gasteiger partial charge in [-0.2, -0.15) is 0 Å². The molecule has 0 aliphatic rings. The molecule has 17 heavy (non-hydrogen) atoms. The van der Waals surface area contributed by atoms with E-state index in [1.165, 1.54) is 26.4 Å². The van der Waals surface area contributed by atoms with Gasteiger partial charge in [-0.05, 0) is 17.5 Å². The van der Waals surface area contributed by atoms with Crippen LogP contribution in [0.3, 0.4) is 0 Å². The van der Waals surface area contributed by atoms with Crippen LogP contribution in [0.25, 0.3) is 0 Å². The highest BCUT2D eigenvalue weighted by atomic mass is 19.1. The zero-order chi connectivity index (χ0) is 13.0. The van der Waals surface area contributed by atoms with E-state index in [4.69, 9.17) is 14.6 Å². The van der Waals surface area contributed by atoms with Gasteiger partial charge in [-0.15, -0.1) is 0 Å². The lowest BCUT2D eigenvalue weighted by Crippen LogP contribution is -2.05. The van der Waals surface area contributed by atoms with Crippen LogP contribution in [-0.4, -0.2) is 25.3 Å². The van der Waals surface area contributed by atoms with Gasteiger partial charge in [0.2, 0.25) is 0 Å². The van der Waals surface area contributed by atoms with Crippen LogP contribution in [0, 0.1) is 5.82 Å². The standard InChI is InChI=1S/C12H15FO4/c1-7(4-12(14)15)8-5-10(16-2)11(17-3)6-9(8)13/h5-7H,4H2,1-3H3,(H,14,15). The Balaban J connectivity index is 3.11. The molecule has 1 unspecified atom stereocenters. The van der Waals surface area contributed by atoms with E-state index in [2.05, 4.69) is 0 Å². The molecule has 0 amide bonds. The molecule has 1 aromatic carbocycles. The minimum atomic E-state index is -0.966. The number of hydrogen-bond acceptors (Lipinski definition) is 3. The fourth-order valence-corrected chi connectivity index (χ4v) is 1.62. The van der Waals surface area contributed by atoms with Crippen LogP contribution < -0.4 is 9.47 Å². The first-order valence-electron chi connectivity index (χ1n) is 5.12. The predicted molar refractivity (Wildman–Crippen MR) is 60.2 cm³/mol. The second kappa shape index (κ2) is 5.52. The Morgan fingerprint density at radius 2 is 1.88 bits per heavy atom. The van der Waals surface area contributed by atoms with Crippen molar-refractivity contribution in [1.82, 2.24) is 0 Å². The largest absolute Gasteiger partial charge is 0.493 e. The first kappa shape index (κ1) is 13.3. The van der Waals surface area contributed by atoms with Gasteiger partial charge >= 0.3 is 5.97 Å². The molecule has 0 radical (unpaired) electrons. The summed E-state index contributed by atoms with van der Waals surface area (Å²) in [6.45, 7) is 1.65. The SMILES string of the molecule is COc1cc(F)c(C(C)CC(=O)O)cc1OC. The summed E-state index contributed by atoms with van der Waals surface area (Å²) in [5.74, 6) is -1.20. The molecule has 1 atom stereocenters. The summed E-state index contributed by atoms with van der Waals surface area (Å²) in [6, 6.07) is 2.67. The van der Waals surface area contributed by atoms with E-state index in [0.29, 0.717) is 11.3 Å². The van der Waals surface area contributed by atoms with Crippen LogP contribution in [0.15, 0.2) is 12.1 Å². The van der Waals surface area contributed by atoms with Gasteiger partial charge < -0.3 is 14.6 Å². The lowest BCUT2D eigenvalue weighted by molar-refractivity contribution is -0.137. The fraction of sp³-hybridized carbons (Fsp3) is 0.417. The molecule has 94 valence electrons. The van der Waals surface area contributed by atoms with Crippen LogP contribution in [0.4, 0.5) is 4.39 Å². The molecule has 0 saturated heterocycles. The minimum Gasteiger partial charge on any atom is -0.493 e. The van der Waals surface area contributed by atoms with Crippen molar-refractivity contribution in [1.29, 1.82) is 0 Å². The normalized spacial score (nSPS) is 12.0. The molecule has 0 fully saturated rings. The van der Waals surface area contributed by atoms with Gasteiger partial charge in [-0.3, -0.25) is 4.79 Å². The van der Waals surface area contributed by atoms with Crippen molar-refractivity contribution in [3.8, 4) is 11.5 Å². The number of carboxylic acid groups (broad SMARTS) is 1. The molecule has 1 rings (SSSR count). The molecule has 0 aromatic heterocycles. The van der Waals surface area contributed by atoms with E-state index in [-0.39, 0.29) is 12.2 Å². The van der Waals surface area contributed by atoms with Gasteiger partial charge in [0.25, 0.3) is 0 Å². The second-order valence-corrected chi connectivity index (χ2v) is 3.73. The van der Waals surface area contributed by atoms with Gasteiger partial charge in [0, 0.05) is 6.07 Å². The van der Waals surface area contributed by atoms with Crippen molar-refractivity contribution in [2.45, 2.75) is 19.3 Å². The van der Waals surface area contributed by atoms with Crippen molar-refractivity contribution >= 4 is 5.97 Å². The molecule has 5 heteroatoms. The first-order chi connectivity index (χ1) is 7.99. The smallest absolute Gasteiger partial charge is 0.303 e. The first-order valence-corrected chi connectivity index (χ1v) is 5.12. The van der Waals surface area contributed by atoms with Gasteiger partial charge in [-0.1, -0.05) is 6.92 Å². The second-order valence-electron chi connectivity index (χ2n) is 3.73. The van der Waals surface area contributed by atoms with Crippen LogP contribution in [0.2, 0.25) is 0 Å². The zero-order valence-corrected chi connectivity index (χ0v) is 9.99. The maximum atomic E-state index is 13.7. The summed E-state index contributed by atoms with van der Waals surface area (Å²) in [5, 5.41) is 8.68. The summed E-state index contributed by atoms with van der Waals surface area (Å²) in [4.78, 5) is 10.6. The van der Waals surface area contributed by atoms with E-state index >= 15 is 0 Å². The highest BCUT2D eigenvalue weighted by Crippen LogP contribution is 2.33. The Morgan fingerprint density at radius 3 is 2.35 bits per heavy atom. The van der Waals surface area contributed by atoms with E-state index in [0.717, 1.165) is 0 Å². The molecule has 0 saturated carbocycles. The van der Waals surface area contributed by atoms with Crippen molar-refractivity contribution in [3.05, 3.63) is 23.5 Å². The lowest BCUT2D eigenvalue weighted by Gasteiger charge is -2.14. The predicted octanol–water partition coefficient (Wildman–Crippen LogP) is 2.42. The topological polar surface area (TPSA) is 55.8 Å². The number of methoxy groups -OCH3 is 2. The number of aliphatic carboxylic acids is 1. The number of rotatable bonds is 5. The van der Waals surface area contributed by atoms with Crippen LogP contribution in [-0.2, 0) is 4.79 Å². The molecule has 0 spiro atoms. The summed E-state index contributed by atoms with van der Waals surface area (Å²) in [7, 11) is 2.86. The number of carbonyl (C=O) groups is 1. The van der Waals surface area contributed by atoms with Crippen LogP contribution in [0.5, 0.6) is 11.5 Å². The quantitative estimate of drug-likeness (QED) is 0.861. The maximum Gasteiger partial charge on any atom is 0.303 e. The summed E-state index contributed by atoms with van der Waals surface area (Å²) >= 11 is 0. The lowest BCUT2D eigenvalue weighted by atomic mass is 9.97. The third-order valence-electron chi connectivity index (χ3n) is 2.51. The average molecular weight is 242 g/mol. The molecule has 0 aliphatic heterocycles.